The van der Waals surface area contributed by atoms with Crippen LogP contribution in [0.1, 0.15) is 58.9 Å². The lowest BCUT2D eigenvalue weighted by atomic mass is 9.95. The molecule has 1 aromatic carbocycles. The molecule has 1 spiro atoms. The van der Waals surface area contributed by atoms with Crippen LogP contribution in [0.3, 0.4) is 0 Å². The van der Waals surface area contributed by atoms with E-state index in [2.05, 4.69) is 19.2 Å². The van der Waals surface area contributed by atoms with E-state index in [4.69, 9.17) is 0 Å². The summed E-state index contributed by atoms with van der Waals surface area (Å²) in [5.41, 5.74) is -1.62. The number of halogens is 3. The van der Waals surface area contributed by atoms with E-state index in [1.54, 1.807) is 0 Å². The van der Waals surface area contributed by atoms with E-state index in [9.17, 15) is 26.4 Å². The Morgan fingerprint density at radius 1 is 1.15 bits per heavy atom. The van der Waals surface area contributed by atoms with E-state index >= 15 is 0 Å². The van der Waals surface area contributed by atoms with E-state index in [0.717, 1.165) is 25.0 Å². The molecule has 2 aliphatic heterocycles. The summed E-state index contributed by atoms with van der Waals surface area (Å²) in [7, 11) is -4.08. The SMILES string of the molecule is CC[C@H](C)CN1C(=O)[C@@H]([C@@H](C)CC)NC12CCN(S(=O)(=O)c1cccc(C(F)(F)F)c1)CC2. The Balaban J connectivity index is 1.83. The first-order valence-electron chi connectivity index (χ1n) is 11.6. The zero-order valence-electron chi connectivity index (χ0n) is 19.7. The van der Waals surface area contributed by atoms with E-state index in [-0.39, 0.29) is 35.9 Å². The Labute approximate surface area is 194 Å². The summed E-state index contributed by atoms with van der Waals surface area (Å²) in [6.07, 6.45) is -2.08. The van der Waals surface area contributed by atoms with Gasteiger partial charge in [-0.05, 0) is 42.9 Å². The van der Waals surface area contributed by atoms with Gasteiger partial charge in [-0.2, -0.15) is 17.5 Å². The zero-order chi connectivity index (χ0) is 24.6. The van der Waals surface area contributed by atoms with E-state index in [0.29, 0.717) is 31.4 Å². The fraction of sp³-hybridized carbons (Fsp3) is 0.696. The number of piperidine rings is 1. The van der Waals surface area contributed by atoms with Crippen molar-refractivity contribution in [3.63, 3.8) is 0 Å². The first-order valence-corrected chi connectivity index (χ1v) is 13.1. The molecule has 2 aliphatic rings. The molecule has 3 rings (SSSR count). The van der Waals surface area contributed by atoms with Crippen molar-refractivity contribution in [3.8, 4) is 0 Å². The van der Waals surface area contributed by atoms with Crippen molar-refractivity contribution in [2.24, 2.45) is 11.8 Å². The van der Waals surface area contributed by atoms with E-state index in [1.165, 1.54) is 10.4 Å². The Morgan fingerprint density at radius 2 is 1.79 bits per heavy atom. The predicted molar refractivity (Wildman–Crippen MR) is 120 cm³/mol. The molecule has 6 nitrogen and oxygen atoms in total. The number of hydrogen-bond donors (Lipinski definition) is 1. The number of hydrogen-bond acceptors (Lipinski definition) is 4. The summed E-state index contributed by atoms with van der Waals surface area (Å²) < 4.78 is 66.7. The van der Waals surface area contributed by atoms with Gasteiger partial charge in [0.1, 0.15) is 0 Å². The number of benzene rings is 1. The van der Waals surface area contributed by atoms with Crippen LogP contribution in [0, 0.1) is 11.8 Å². The minimum absolute atomic E-state index is 0.0545. The van der Waals surface area contributed by atoms with Crippen LogP contribution < -0.4 is 5.32 Å². The Kier molecular flexibility index (Phi) is 7.51. The van der Waals surface area contributed by atoms with Crippen LogP contribution in [0.15, 0.2) is 29.2 Å². The second-order valence-corrected chi connectivity index (χ2v) is 11.4. The maximum atomic E-state index is 13.3. The maximum Gasteiger partial charge on any atom is 0.416 e. The number of nitrogens with one attached hydrogen (secondary N) is 1. The lowest BCUT2D eigenvalue weighted by Crippen LogP contribution is -2.60. The number of rotatable bonds is 7. The second-order valence-electron chi connectivity index (χ2n) is 9.43. The Morgan fingerprint density at radius 3 is 2.33 bits per heavy atom. The fourth-order valence-corrected chi connectivity index (χ4v) is 6.12. The van der Waals surface area contributed by atoms with Gasteiger partial charge in [0.05, 0.1) is 22.2 Å². The number of carbonyl (C=O) groups excluding carboxylic acids is 1. The zero-order valence-corrected chi connectivity index (χ0v) is 20.5. The maximum absolute atomic E-state index is 13.3. The molecule has 0 radical (unpaired) electrons. The van der Waals surface area contributed by atoms with Crippen molar-refractivity contribution in [3.05, 3.63) is 29.8 Å². The third-order valence-corrected chi connectivity index (χ3v) is 9.12. The van der Waals surface area contributed by atoms with Crippen molar-refractivity contribution in [1.82, 2.24) is 14.5 Å². The number of sulfonamides is 1. The molecule has 10 heteroatoms. The highest BCUT2D eigenvalue weighted by Gasteiger charge is 2.53. The van der Waals surface area contributed by atoms with Gasteiger partial charge in [0.25, 0.3) is 0 Å². The first kappa shape index (κ1) is 26.0. The van der Waals surface area contributed by atoms with Crippen molar-refractivity contribution < 1.29 is 26.4 Å². The fourth-order valence-electron chi connectivity index (χ4n) is 4.63. The monoisotopic (exact) mass is 489 g/mol. The summed E-state index contributed by atoms with van der Waals surface area (Å²) in [6, 6.07) is 3.54. The minimum Gasteiger partial charge on any atom is -0.323 e. The average Bonchev–Trinajstić information content (AvgIpc) is 3.04. The number of carbonyl (C=O) groups is 1. The van der Waals surface area contributed by atoms with Gasteiger partial charge in [0, 0.05) is 19.6 Å². The molecule has 1 aromatic rings. The number of amides is 1. The molecule has 2 fully saturated rings. The van der Waals surface area contributed by atoms with Crippen molar-refractivity contribution in [1.29, 1.82) is 0 Å². The van der Waals surface area contributed by atoms with Crippen molar-refractivity contribution in [2.75, 3.05) is 19.6 Å². The summed E-state index contributed by atoms with van der Waals surface area (Å²) in [4.78, 5) is 14.8. The van der Waals surface area contributed by atoms with Crippen LogP contribution in [0.4, 0.5) is 13.2 Å². The van der Waals surface area contributed by atoms with Gasteiger partial charge in [-0.3, -0.25) is 10.1 Å². The molecule has 0 unspecified atom stereocenters. The van der Waals surface area contributed by atoms with Crippen LogP contribution in [-0.2, 0) is 21.0 Å². The van der Waals surface area contributed by atoms with Crippen molar-refractivity contribution in [2.45, 2.75) is 76.2 Å². The molecular weight excluding hydrogens is 455 g/mol. The predicted octanol–water partition coefficient (Wildman–Crippen LogP) is 4.08. The lowest BCUT2D eigenvalue weighted by Gasteiger charge is -2.45. The molecule has 1 N–H and O–H groups in total. The third-order valence-electron chi connectivity index (χ3n) is 7.23. The summed E-state index contributed by atoms with van der Waals surface area (Å²) in [5.74, 6) is 0.497. The Hall–Kier alpha value is -1.65. The van der Waals surface area contributed by atoms with Gasteiger partial charge >= 0.3 is 6.18 Å². The molecular formula is C23H34F3N3O3S. The average molecular weight is 490 g/mol. The molecule has 0 saturated carbocycles. The normalized spacial score (nSPS) is 23.8. The van der Waals surface area contributed by atoms with Gasteiger partial charge in [-0.1, -0.05) is 46.6 Å². The Bertz CT molecular complexity index is 959. The summed E-state index contributed by atoms with van der Waals surface area (Å²) in [5, 5.41) is 3.53. The quantitative estimate of drug-likeness (QED) is 0.627. The van der Waals surface area contributed by atoms with Crippen molar-refractivity contribution >= 4 is 15.9 Å². The molecule has 1 amide bonds. The highest BCUT2D eigenvalue weighted by Crippen LogP contribution is 2.37. The molecule has 0 aromatic heterocycles. The van der Waals surface area contributed by atoms with Crippen LogP contribution >= 0.6 is 0 Å². The standard InChI is InChI=1S/C23H34F3N3O3S/c1-5-16(3)15-29-21(30)20(17(4)6-2)27-22(29)10-12-28(13-11-22)33(31,32)19-9-7-8-18(14-19)23(24,25)26/h7-9,14,16-17,20,27H,5-6,10-13,15H2,1-4H3/t16-,17-,20+/m0/s1. The summed E-state index contributed by atoms with van der Waals surface area (Å²) in [6.45, 7) is 9.07. The van der Waals surface area contributed by atoms with Gasteiger partial charge in [0.2, 0.25) is 15.9 Å². The smallest absolute Gasteiger partial charge is 0.323 e. The number of alkyl halides is 3. The third kappa shape index (κ3) is 5.07. The molecule has 186 valence electrons. The topological polar surface area (TPSA) is 69.7 Å². The minimum atomic E-state index is -4.62. The molecule has 0 bridgehead atoms. The van der Waals surface area contributed by atoms with Crippen LogP contribution in [0.25, 0.3) is 0 Å². The highest BCUT2D eigenvalue weighted by molar-refractivity contribution is 7.89. The van der Waals surface area contributed by atoms with Gasteiger partial charge in [-0.15, -0.1) is 0 Å². The van der Waals surface area contributed by atoms with Gasteiger partial charge < -0.3 is 4.90 Å². The summed E-state index contributed by atoms with van der Waals surface area (Å²) >= 11 is 0. The van der Waals surface area contributed by atoms with E-state index in [1.807, 2.05) is 18.7 Å². The largest absolute Gasteiger partial charge is 0.416 e. The number of nitrogens with zero attached hydrogens (tertiary/aromatic N) is 2. The highest BCUT2D eigenvalue weighted by atomic mass is 32.2. The van der Waals surface area contributed by atoms with E-state index < -0.39 is 27.4 Å². The molecule has 2 heterocycles. The van der Waals surface area contributed by atoms with Gasteiger partial charge in [0.15, 0.2) is 0 Å². The molecule has 3 atom stereocenters. The van der Waals surface area contributed by atoms with Crippen LogP contribution in [0.5, 0.6) is 0 Å². The second kappa shape index (κ2) is 9.54. The molecule has 33 heavy (non-hydrogen) atoms. The van der Waals surface area contributed by atoms with Gasteiger partial charge in [-0.25, -0.2) is 8.42 Å². The lowest BCUT2D eigenvalue weighted by molar-refractivity contribution is -0.137. The van der Waals surface area contributed by atoms with Crippen LogP contribution in [0.2, 0.25) is 0 Å². The first-order chi connectivity index (χ1) is 15.4. The molecule has 2 saturated heterocycles. The molecule has 0 aliphatic carbocycles. The van der Waals surface area contributed by atoms with Crippen LogP contribution in [-0.4, -0.2) is 54.9 Å².